The normalized spacial score (nSPS) is 12.1. The van der Waals surface area contributed by atoms with Crippen LogP contribution >= 0.6 is 24.0 Å². The van der Waals surface area contributed by atoms with Crippen molar-refractivity contribution in [2.45, 2.75) is 26.2 Å². The van der Waals surface area contributed by atoms with Gasteiger partial charge in [0.15, 0.2) is 5.96 Å². The fraction of sp³-hybridized carbons (Fsp3) is 0.435. The van der Waals surface area contributed by atoms with Crippen molar-refractivity contribution in [1.29, 1.82) is 0 Å². The largest absolute Gasteiger partial charge is 0.356 e. The zero-order chi connectivity index (χ0) is 21.2. The minimum absolute atomic E-state index is 0. The molecule has 30 heavy (non-hydrogen) atoms. The van der Waals surface area contributed by atoms with Crippen molar-refractivity contribution in [3.63, 3.8) is 0 Å². The number of benzene rings is 1. The summed E-state index contributed by atoms with van der Waals surface area (Å²) in [4.78, 5) is 22.3. The molecule has 1 unspecified atom stereocenters. The number of halogens is 1. The standard InChI is InChI=1S/C23H33N5O.HI/c1-17(2)21(20-10-7-12-25-15-20)16-27-23(24-3)26-13-11-18-8-6-9-19(14-18)22(29)28(4)5;/h6-10,12,14-15,17,21H,11,13,16H2,1-5H3,(H2,24,26,27);1H. The Balaban J connectivity index is 0.00000450. The number of nitrogens with one attached hydrogen (secondary N) is 2. The molecule has 0 spiro atoms. The molecule has 0 saturated heterocycles. The van der Waals surface area contributed by atoms with Crippen LogP contribution in [0.5, 0.6) is 0 Å². The molecule has 1 heterocycles. The van der Waals surface area contributed by atoms with E-state index in [1.807, 2.05) is 36.5 Å². The third kappa shape index (κ3) is 7.93. The monoisotopic (exact) mass is 523 g/mol. The SMILES string of the molecule is CN=C(NCCc1cccc(C(=O)N(C)C)c1)NCC(c1cccnc1)C(C)C.I. The van der Waals surface area contributed by atoms with E-state index in [1.54, 1.807) is 32.2 Å². The Morgan fingerprint density at radius 2 is 1.93 bits per heavy atom. The van der Waals surface area contributed by atoms with Crippen LogP contribution in [0.3, 0.4) is 0 Å². The maximum Gasteiger partial charge on any atom is 0.253 e. The molecule has 0 aliphatic rings. The number of nitrogens with zero attached hydrogens (tertiary/aromatic N) is 3. The van der Waals surface area contributed by atoms with Gasteiger partial charge in [-0.1, -0.05) is 32.0 Å². The van der Waals surface area contributed by atoms with Crippen LogP contribution in [0.15, 0.2) is 53.8 Å². The topological polar surface area (TPSA) is 69.6 Å². The van der Waals surface area contributed by atoms with Crippen molar-refractivity contribution >= 4 is 35.8 Å². The lowest BCUT2D eigenvalue weighted by atomic mass is 9.89. The molecule has 0 fully saturated rings. The maximum atomic E-state index is 12.1. The van der Waals surface area contributed by atoms with Gasteiger partial charge < -0.3 is 15.5 Å². The quantitative estimate of drug-likeness (QED) is 0.316. The smallest absolute Gasteiger partial charge is 0.253 e. The summed E-state index contributed by atoms with van der Waals surface area (Å²) >= 11 is 0. The summed E-state index contributed by atoms with van der Waals surface area (Å²) < 4.78 is 0. The van der Waals surface area contributed by atoms with Crippen molar-refractivity contribution < 1.29 is 4.79 Å². The van der Waals surface area contributed by atoms with Crippen LogP contribution in [0.4, 0.5) is 0 Å². The van der Waals surface area contributed by atoms with E-state index in [2.05, 4.69) is 40.5 Å². The Bertz CT molecular complexity index is 808. The molecule has 0 aliphatic carbocycles. The minimum Gasteiger partial charge on any atom is -0.356 e. The first-order valence-electron chi connectivity index (χ1n) is 10.1. The van der Waals surface area contributed by atoms with E-state index in [0.29, 0.717) is 17.4 Å². The highest BCUT2D eigenvalue weighted by molar-refractivity contribution is 14.0. The third-order valence-electron chi connectivity index (χ3n) is 4.92. The molecule has 0 bridgehead atoms. The number of hydrogen-bond acceptors (Lipinski definition) is 3. The minimum atomic E-state index is 0. The van der Waals surface area contributed by atoms with Crippen LogP contribution in [0.25, 0.3) is 0 Å². The molecule has 1 atom stereocenters. The van der Waals surface area contributed by atoms with Crippen molar-refractivity contribution in [3.8, 4) is 0 Å². The van der Waals surface area contributed by atoms with E-state index < -0.39 is 0 Å². The second kappa shape index (κ2) is 13.2. The number of amides is 1. The van der Waals surface area contributed by atoms with Gasteiger partial charge in [-0.05, 0) is 41.7 Å². The Morgan fingerprint density at radius 1 is 1.17 bits per heavy atom. The third-order valence-corrected chi connectivity index (χ3v) is 4.92. The summed E-state index contributed by atoms with van der Waals surface area (Å²) in [5, 5.41) is 6.79. The molecule has 6 nitrogen and oxygen atoms in total. The lowest BCUT2D eigenvalue weighted by Crippen LogP contribution is -2.40. The Kier molecular flexibility index (Phi) is 11.4. The van der Waals surface area contributed by atoms with E-state index in [0.717, 1.165) is 31.0 Å². The molecule has 7 heteroatoms. The molecule has 0 saturated carbocycles. The van der Waals surface area contributed by atoms with Crippen LogP contribution in [0, 0.1) is 5.92 Å². The number of aliphatic imine (C=N–C) groups is 1. The van der Waals surface area contributed by atoms with Gasteiger partial charge in [-0.15, -0.1) is 24.0 Å². The van der Waals surface area contributed by atoms with Crippen LogP contribution in [-0.4, -0.2) is 56.0 Å². The second-order valence-electron chi connectivity index (χ2n) is 7.67. The van der Waals surface area contributed by atoms with E-state index in [9.17, 15) is 4.79 Å². The van der Waals surface area contributed by atoms with Crippen molar-refractivity contribution in [2.24, 2.45) is 10.9 Å². The summed E-state index contributed by atoms with van der Waals surface area (Å²) in [6.07, 6.45) is 4.55. The average molecular weight is 523 g/mol. The lowest BCUT2D eigenvalue weighted by Gasteiger charge is -2.23. The number of pyridine rings is 1. The van der Waals surface area contributed by atoms with Gasteiger partial charge in [-0.25, -0.2) is 0 Å². The zero-order valence-corrected chi connectivity index (χ0v) is 20.9. The van der Waals surface area contributed by atoms with Crippen LogP contribution in [0.2, 0.25) is 0 Å². The van der Waals surface area contributed by atoms with Crippen molar-refractivity contribution in [1.82, 2.24) is 20.5 Å². The van der Waals surface area contributed by atoms with Gasteiger partial charge in [0.05, 0.1) is 0 Å². The van der Waals surface area contributed by atoms with Gasteiger partial charge in [0.2, 0.25) is 0 Å². The lowest BCUT2D eigenvalue weighted by molar-refractivity contribution is 0.0827. The maximum absolute atomic E-state index is 12.1. The molecule has 2 rings (SSSR count). The first-order valence-corrected chi connectivity index (χ1v) is 10.1. The van der Waals surface area contributed by atoms with Crippen LogP contribution in [0.1, 0.15) is 41.3 Å². The number of rotatable bonds is 8. The number of carbonyl (C=O) groups excluding carboxylic acids is 1. The van der Waals surface area contributed by atoms with E-state index in [4.69, 9.17) is 0 Å². The van der Waals surface area contributed by atoms with E-state index in [1.165, 1.54) is 5.56 Å². The van der Waals surface area contributed by atoms with Crippen LogP contribution < -0.4 is 10.6 Å². The average Bonchev–Trinajstić information content (AvgIpc) is 2.72. The van der Waals surface area contributed by atoms with Gasteiger partial charge >= 0.3 is 0 Å². The second-order valence-corrected chi connectivity index (χ2v) is 7.67. The number of aromatic nitrogens is 1. The fourth-order valence-corrected chi connectivity index (χ4v) is 3.20. The number of hydrogen-bond donors (Lipinski definition) is 2. The molecule has 0 aliphatic heterocycles. The number of guanidine groups is 1. The summed E-state index contributed by atoms with van der Waals surface area (Å²) in [5.74, 6) is 1.64. The molecule has 2 aromatic rings. The summed E-state index contributed by atoms with van der Waals surface area (Å²) in [6, 6.07) is 11.9. The van der Waals surface area contributed by atoms with E-state index >= 15 is 0 Å². The highest BCUT2D eigenvalue weighted by Crippen LogP contribution is 2.22. The summed E-state index contributed by atoms with van der Waals surface area (Å²) in [6.45, 7) is 5.96. The van der Waals surface area contributed by atoms with Gasteiger partial charge in [0.25, 0.3) is 5.91 Å². The van der Waals surface area contributed by atoms with Gasteiger partial charge in [-0.3, -0.25) is 14.8 Å². The fourth-order valence-electron chi connectivity index (χ4n) is 3.20. The highest BCUT2D eigenvalue weighted by atomic mass is 127. The molecule has 2 N–H and O–H groups in total. The molecular formula is C23H34IN5O. The molecule has 1 aromatic heterocycles. The van der Waals surface area contributed by atoms with Gasteiger partial charge in [0.1, 0.15) is 0 Å². The molecule has 1 amide bonds. The van der Waals surface area contributed by atoms with Crippen molar-refractivity contribution in [2.75, 3.05) is 34.2 Å². The molecule has 1 aromatic carbocycles. The molecular weight excluding hydrogens is 489 g/mol. The van der Waals surface area contributed by atoms with Crippen LogP contribution in [-0.2, 0) is 6.42 Å². The van der Waals surface area contributed by atoms with E-state index in [-0.39, 0.29) is 29.9 Å². The molecule has 0 radical (unpaired) electrons. The van der Waals surface area contributed by atoms with Gasteiger partial charge in [0, 0.05) is 58.1 Å². The zero-order valence-electron chi connectivity index (χ0n) is 18.6. The predicted molar refractivity (Wildman–Crippen MR) is 135 cm³/mol. The van der Waals surface area contributed by atoms with Crippen molar-refractivity contribution in [3.05, 3.63) is 65.5 Å². The Labute approximate surface area is 197 Å². The molecule has 164 valence electrons. The number of carbonyl (C=O) groups is 1. The Morgan fingerprint density at radius 3 is 2.53 bits per heavy atom. The highest BCUT2D eigenvalue weighted by Gasteiger charge is 2.16. The predicted octanol–water partition coefficient (Wildman–Crippen LogP) is 3.55. The first kappa shape index (κ1) is 25.9. The first-order chi connectivity index (χ1) is 13.9. The summed E-state index contributed by atoms with van der Waals surface area (Å²) in [5.41, 5.74) is 3.06. The summed E-state index contributed by atoms with van der Waals surface area (Å²) in [7, 11) is 5.31. The Hall–Kier alpha value is -2.16. The van der Waals surface area contributed by atoms with Gasteiger partial charge in [-0.2, -0.15) is 0 Å².